The highest BCUT2D eigenvalue weighted by molar-refractivity contribution is 6.16. The van der Waals surface area contributed by atoms with Crippen LogP contribution in [0.5, 0.6) is 0 Å². The van der Waals surface area contributed by atoms with Gasteiger partial charge < -0.3 is 19.2 Å². The maximum Gasteiger partial charge on any atom is 0.337 e. The summed E-state index contributed by atoms with van der Waals surface area (Å²) in [7, 11) is 1.28. The molecule has 35 heavy (non-hydrogen) atoms. The summed E-state index contributed by atoms with van der Waals surface area (Å²) in [4.78, 5) is 44.1. The standard InChI is InChI=1S/C27H20N2O6/c1-34-27(33)18-8-6-17(7-9-18)23-22(24(30)21-14-19-4-2-3-5-20(19)35-21)25(31)26(32)29(23)15-16-10-12-28-13-11-16/h2-14,23,31H,15H2,1H3/t23-/m1/s1. The highest BCUT2D eigenvalue weighted by Gasteiger charge is 2.44. The molecule has 174 valence electrons. The Morgan fingerprint density at radius 2 is 1.77 bits per heavy atom. The quantitative estimate of drug-likeness (QED) is 0.330. The highest BCUT2D eigenvalue weighted by atomic mass is 16.5. The van der Waals surface area contributed by atoms with E-state index < -0.39 is 29.5 Å². The number of nitrogens with zero attached hydrogens (tertiary/aromatic N) is 2. The molecule has 8 heteroatoms. The van der Waals surface area contributed by atoms with Crippen molar-refractivity contribution in [2.45, 2.75) is 12.6 Å². The van der Waals surface area contributed by atoms with Crippen LogP contribution < -0.4 is 0 Å². The minimum absolute atomic E-state index is 0.0162. The number of carbonyl (C=O) groups is 3. The van der Waals surface area contributed by atoms with Gasteiger partial charge in [-0.3, -0.25) is 14.6 Å². The number of carbonyl (C=O) groups excluding carboxylic acids is 3. The van der Waals surface area contributed by atoms with Gasteiger partial charge in [-0.1, -0.05) is 30.3 Å². The van der Waals surface area contributed by atoms with Crippen molar-refractivity contribution in [3.63, 3.8) is 0 Å². The topological polar surface area (TPSA) is 110 Å². The van der Waals surface area contributed by atoms with Gasteiger partial charge in [0.05, 0.1) is 24.3 Å². The van der Waals surface area contributed by atoms with Gasteiger partial charge in [-0.15, -0.1) is 0 Å². The summed E-state index contributed by atoms with van der Waals surface area (Å²) < 4.78 is 10.5. The molecular weight excluding hydrogens is 448 g/mol. The minimum Gasteiger partial charge on any atom is -0.503 e. The summed E-state index contributed by atoms with van der Waals surface area (Å²) in [6.07, 6.45) is 3.20. The zero-order valence-electron chi connectivity index (χ0n) is 18.7. The van der Waals surface area contributed by atoms with Gasteiger partial charge in [0.2, 0.25) is 5.78 Å². The molecule has 0 saturated carbocycles. The number of rotatable bonds is 6. The molecule has 1 N–H and O–H groups in total. The summed E-state index contributed by atoms with van der Waals surface area (Å²) in [5.74, 6) is -2.40. The zero-order valence-corrected chi connectivity index (χ0v) is 18.7. The summed E-state index contributed by atoms with van der Waals surface area (Å²) in [5.41, 5.74) is 2.07. The maximum absolute atomic E-state index is 13.6. The molecule has 0 bridgehead atoms. The lowest BCUT2D eigenvalue weighted by atomic mass is 9.94. The lowest BCUT2D eigenvalue weighted by Crippen LogP contribution is -2.30. The molecule has 0 fully saturated rings. The first kappa shape index (κ1) is 22.1. The van der Waals surface area contributed by atoms with E-state index in [2.05, 4.69) is 4.98 Å². The van der Waals surface area contributed by atoms with Crippen molar-refractivity contribution in [2.75, 3.05) is 7.11 Å². The Bertz CT molecular complexity index is 1440. The molecule has 0 unspecified atom stereocenters. The van der Waals surface area contributed by atoms with Crippen molar-refractivity contribution in [3.8, 4) is 0 Å². The van der Waals surface area contributed by atoms with Gasteiger partial charge in [0, 0.05) is 24.3 Å². The van der Waals surface area contributed by atoms with Crippen LogP contribution in [0.2, 0.25) is 0 Å². The molecule has 1 aliphatic rings. The molecule has 0 saturated heterocycles. The third-order valence-electron chi connectivity index (χ3n) is 5.95. The predicted octanol–water partition coefficient (Wildman–Crippen LogP) is 4.39. The first-order valence-corrected chi connectivity index (χ1v) is 10.8. The molecule has 0 spiro atoms. The number of Topliss-reactive ketones (excluding diaryl/α,β-unsaturated/α-hetero) is 1. The van der Waals surface area contributed by atoms with Gasteiger partial charge >= 0.3 is 5.97 Å². The van der Waals surface area contributed by atoms with E-state index in [1.807, 2.05) is 12.1 Å². The van der Waals surface area contributed by atoms with Crippen LogP contribution in [0.1, 0.15) is 38.1 Å². The molecule has 0 radical (unpaired) electrons. The molecule has 3 heterocycles. The van der Waals surface area contributed by atoms with Gasteiger partial charge in [0.15, 0.2) is 11.5 Å². The molecule has 2 aromatic heterocycles. The van der Waals surface area contributed by atoms with Crippen molar-refractivity contribution in [1.29, 1.82) is 0 Å². The smallest absolute Gasteiger partial charge is 0.337 e. The predicted molar refractivity (Wildman–Crippen MR) is 126 cm³/mol. The van der Waals surface area contributed by atoms with Gasteiger partial charge in [0.25, 0.3) is 5.91 Å². The second-order valence-electron chi connectivity index (χ2n) is 8.04. The van der Waals surface area contributed by atoms with Crippen molar-refractivity contribution in [1.82, 2.24) is 9.88 Å². The van der Waals surface area contributed by atoms with Crippen LogP contribution in [0.25, 0.3) is 11.0 Å². The SMILES string of the molecule is COC(=O)c1ccc([C@@H]2C(C(=O)c3cc4ccccc4o3)=C(O)C(=O)N2Cc2ccncc2)cc1. The molecule has 1 amide bonds. The number of aliphatic hydroxyl groups is 1. The fourth-order valence-electron chi connectivity index (χ4n) is 4.23. The molecule has 5 rings (SSSR count). The maximum atomic E-state index is 13.6. The summed E-state index contributed by atoms with van der Waals surface area (Å²) in [6, 6.07) is 17.7. The van der Waals surface area contributed by atoms with E-state index in [4.69, 9.17) is 9.15 Å². The number of fused-ring (bicyclic) bond motifs is 1. The largest absolute Gasteiger partial charge is 0.503 e. The van der Waals surface area contributed by atoms with Crippen LogP contribution in [-0.4, -0.2) is 39.8 Å². The number of pyridine rings is 1. The third kappa shape index (κ3) is 3.95. The fraction of sp³-hybridized carbons (Fsp3) is 0.111. The van der Waals surface area contributed by atoms with Crippen LogP contribution in [-0.2, 0) is 16.1 Å². The third-order valence-corrected chi connectivity index (χ3v) is 5.95. The monoisotopic (exact) mass is 468 g/mol. The summed E-state index contributed by atoms with van der Waals surface area (Å²) in [5, 5.41) is 11.6. The lowest BCUT2D eigenvalue weighted by molar-refractivity contribution is -0.130. The number of methoxy groups -OCH3 is 1. The van der Waals surface area contributed by atoms with E-state index in [1.165, 1.54) is 12.0 Å². The Kier molecular flexibility index (Phi) is 5.62. The average Bonchev–Trinajstić information content (AvgIpc) is 3.43. The second-order valence-corrected chi connectivity index (χ2v) is 8.04. The number of furan rings is 1. The molecular formula is C27H20N2O6. The number of hydrogen-bond donors (Lipinski definition) is 1. The molecule has 1 atom stereocenters. The number of aromatic nitrogens is 1. The first-order chi connectivity index (χ1) is 17.0. The van der Waals surface area contributed by atoms with Crippen LogP contribution in [0.3, 0.4) is 0 Å². The van der Waals surface area contributed by atoms with E-state index >= 15 is 0 Å². The Balaban J connectivity index is 1.59. The highest BCUT2D eigenvalue weighted by Crippen LogP contribution is 2.40. The normalized spacial score (nSPS) is 15.6. The number of aliphatic hydroxyl groups excluding tert-OH is 1. The molecule has 4 aromatic rings. The number of hydrogen-bond acceptors (Lipinski definition) is 7. The van der Waals surface area contributed by atoms with Crippen molar-refractivity contribution < 1.29 is 28.6 Å². The van der Waals surface area contributed by atoms with E-state index in [-0.39, 0.29) is 17.9 Å². The number of benzene rings is 2. The zero-order chi connectivity index (χ0) is 24.5. The molecule has 0 aliphatic carbocycles. The Morgan fingerprint density at radius 3 is 2.46 bits per heavy atom. The fourth-order valence-corrected chi connectivity index (χ4v) is 4.23. The average molecular weight is 468 g/mol. The van der Waals surface area contributed by atoms with E-state index in [0.717, 1.165) is 10.9 Å². The number of ketones is 1. The van der Waals surface area contributed by atoms with Crippen molar-refractivity contribution >= 4 is 28.6 Å². The number of amides is 1. The van der Waals surface area contributed by atoms with Crippen LogP contribution >= 0.6 is 0 Å². The first-order valence-electron chi connectivity index (χ1n) is 10.8. The summed E-state index contributed by atoms with van der Waals surface area (Å²) >= 11 is 0. The molecule has 2 aromatic carbocycles. The Morgan fingerprint density at radius 1 is 1.06 bits per heavy atom. The van der Waals surface area contributed by atoms with Gasteiger partial charge in [-0.25, -0.2) is 4.79 Å². The van der Waals surface area contributed by atoms with E-state index in [0.29, 0.717) is 16.7 Å². The van der Waals surface area contributed by atoms with Crippen LogP contribution in [0.15, 0.2) is 94.9 Å². The Hall–Kier alpha value is -4.72. The van der Waals surface area contributed by atoms with Gasteiger partial charge in [0.1, 0.15) is 5.58 Å². The number of esters is 1. The van der Waals surface area contributed by atoms with Crippen molar-refractivity contribution in [3.05, 3.63) is 113 Å². The van der Waals surface area contributed by atoms with Gasteiger partial charge in [-0.05, 0) is 47.5 Å². The lowest BCUT2D eigenvalue weighted by Gasteiger charge is -2.27. The van der Waals surface area contributed by atoms with Crippen LogP contribution in [0.4, 0.5) is 0 Å². The molecule has 8 nitrogen and oxygen atoms in total. The number of para-hydroxylation sites is 1. The second kappa shape index (κ2) is 8.90. The van der Waals surface area contributed by atoms with E-state index in [1.54, 1.807) is 67.0 Å². The molecule has 1 aliphatic heterocycles. The Labute approximate surface area is 200 Å². The number of ether oxygens (including phenoxy) is 1. The van der Waals surface area contributed by atoms with Crippen LogP contribution in [0, 0.1) is 0 Å². The summed E-state index contributed by atoms with van der Waals surface area (Å²) in [6.45, 7) is 0.131. The van der Waals surface area contributed by atoms with Crippen molar-refractivity contribution in [2.24, 2.45) is 0 Å². The van der Waals surface area contributed by atoms with Gasteiger partial charge in [-0.2, -0.15) is 0 Å². The minimum atomic E-state index is -0.900. The van der Waals surface area contributed by atoms with E-state index in [9.17, 15) is 19.5 Å².